The molecule has 106 valence electrons. The van der Waals surface area contributed by atoms with E-state index in [2.05, 4.69) is 29.1 Å². The summed E-state index contributed by atoms with van der Waals surface area (Å²) in [6, 6.07) is 10.3. The predicted octanol–water partition coefficient (Wildman–Crippen LogP) is 2.96. The largest absolute Gasteiger partial charge is 0.497 e. The van der Waals surface area contributed by atoms with Gasteiger partial charge in [0.25, 0.3) is 0 Å². The van der Waals surface area contributed by atoms with Gasteiger partial charge < -0.3 is 10.1 Å². The Morgan fingerprint density at radius 3 is 2.45 bits per heavy atom. The maximum absolute atomic E-state index is 5.17. The Morgan fingerprint density at radius 2 is 1.85 bits per heavy atom. The maximum atomic E-state index is 5.17. The molecule has 1 heterocycles. The van der Waals surface area contributed by atoms with Crippen LogP contribution in [0.15, 0.2) is 30.3 Å². The van der Waals surface area contributed by atoms with Gasteiger partial charge in [-0.15, -0.1) is 0 Å². The van der Waals surface area contributed by atoms with Crippen LogP contribution in [-0.2, 0) is 6.54 Å². The zero-order chi connectivity index (χ0) is 14.5. The molecule has 0 saturated carbocycles. The molecule has 0 atom stereocenters. The lowest BCUT2D eigenvalue weighted by Crippen LogP contribution is -2.22. The number of methoxy groups -OCH3 is 1. The molecule has 0 fully saturated rings. The summed E-state index contributed by atoms with van der Waals surface area (Å²) in [5, 5.41) is 3.38. The van der Waals surface area contributed by atoms with E-state index in [1.165, 1.54) is 0 Å². The van der Waals surface area contributed by atoms with Crippen molar-refractivity contribution < 1.29 is 4.74 Å². The fourth-order valence-electron chi connectivity index (χ4n) is 1.90. The van der Waals surface area contributed by atoms with Gasteiger partial charge in [-0.2, -0.15) is 0 Å². The lowest BCUT2D eigenvalue weighted by Gasteiger charge is -2.10. The molecule has 0 bridgehead atoms. The smallest absolute Gasteiger partial charge is 0.159 e. The summed E-state index contributed by atoms with van der Waals surface area (Å²) in [6.45, 7) is 6.99. The number of nitrogens with one attached hydrogen (secondary N) is 1. The first-order chi connectivity index (χ1) is 9.58. The van der Waals surface area contributed by atoms with Crippen LogP contribution in [0.1, 0.15) is 25.2 Å². The summed E-state index contributed by atoms with van der Waals surface area (Å²) in [6.07, 6.45) is 0. The van der Waals surface area contributed by atoms with Crippen molar-refractivity contribution in [1.29, 1.82) is 0 Å². The Labute approximate surface area is 120 Å². The van der Waals surface area contributed by atoms with Gasteiger partial charge in [0.15, 0.2) is 5.82 Å². The second-order valence-electron chi connectivity index (χ2n) is 5.09. The minimum atomic E-state index is 0.440. The quantitative estimate of drug-likeness (QED) is 0.908. The number of hydrogen-bond acceptors (Lipinski definition) is 4. The van der Waals surface area contributed by atoms with Crippen LogP contribution in [0.4, 0.5) is 0 Å². The zero-order valence-corrected chi connectivity index (χ0v) is 12.5. The monoisotopic (exact) mass is 271 g/mol. The van der Waals surface area contributed by atoms with Crippen LogP contribution >= 0.6 is 0 Å². The standard InChI is InChI=1S/C16H21N3O/c1-11(2)17-10-14-9-12(3)18-16(19-14)13-5-7-15(20-4)8-6-13/h5-9,11,17H,10H2,1-4H3. The molecule has 4 heteroatoms. The molecule has 0 saturated heterocycles. The highest BCUT2D eigenvalue weighted by Crippen LogP contribution is 2.19. The van der Waals surface area contributed by atoms with Crippen LogP contribution in [0.25, 0.3) is 11.4 Å². The minimum absolute atomic E-state index is 0.440. The van der Waals surface area contributed by atoms with Gasteiger partial charge in [0.05, 0.1) is 12.8 Å². The second-order valence-corrected chi connectivity index (χ2v) is 5.09. The number of ether oxygens (including phenoxy) is 1. The third-order valence-electron chi connectivity index (χ3n) is 2.95. The van der Waals surface area contributed by atoms with E-state index in [0.29, 0.717) is 6.04 Å². The number of hydrogen-bond donors (Lipinski definition) is 1. The van der Waals surface area contributed by atoms with Gasteiger partial charge in [-0.05, 0) is 37.3 Å². The van der Waals surface area contributed by atoms with E-state index < -0.39 is 0 Å². The van der Waals surface area contributed by atoms with E-state index in [1.807, 2.05) is 37.3 Å². The highest BCUT2D eigenvalue weighted by molar-refractivity contribution is 5.56. The molecule has 2 rings (SSSR count). The number of benzene rings is 1. The van der Waals surface area contributed by atoms with Crippen molar-refractivity contribution in [1.82, 2.24) is 15.3 Å². The minimum Gasteiger partial charge on any atom is -0.497 e. The van der Waals surface area contributed by atoms with Gasteiger partial charge in [-0.25, -0.2) is 9.97 Å². The molecule has 4 nitrogen and oxygen atoms in total. The molecule has 0 spiro atoms. The Kier molecular flexibility index (Phi) is 4.69. The van der Waals surface area contributed by atoms with E-state index in [4.69, 9.17) is 4.74 Å². The van der Waals surface area contributed by atoms with E-state index in [1.54, 1.807) is 7.11 Å². The van der Waals surface area contributed by atoms with Gasteiger partial charge >= 0.3 is 0 Å². The summed E-state index contributed by atoms with van der Waals surface area (Å²) < 4.78 is 5.17. The summed E-state index contributed by atoms with van der Waals surface area (Å²) in [7, 11) is 1.66. The van der Waals surface area contributed by atoms with Gasteiger partial charge in [-0.3, -0.25) is 0 Å². The normalized spacial score (nSPS) is 10.8. The van der Waals surface area contributed by atoms with Gasteiger partial charge in [-0.1, -0.05) is 13.8 Å². The molecule has 2 aromatic rings. The Hall–Kier alpha value is -1.94. The summed E-state index contributed by atoms with van der Waals surface area (Å²) in [5.41, 5.74) is 2.99. The van der Waals surface area contributed by atoms with Crippen molar-refractivity contribution in [3.8, 4) is 17.1 Å². The molecule has 0 radical (unpaired) electrons. The van der Waals surface area contributed by atoms with Crippen LogP contribution in [0.2, 0.25) is 0 Å². The van der Waals surface area contributed by atoms with Crippen LogP contribution < -0.4 is 10.1 Å². The highest BCUT2D eigenvalue weighted by atomic mass is 16.5. The van der Waals surface area contributed by atoms with Crippen LogP contribution in [0.3, 0.4) is 0 Å². The van der Waals surface area contributed by atoms with Crippen molar-refractivity contribution in [3.05, 3.63) is 41.7 Å². The van der Waals surface area contributed by atoms with Crippen molar-refractivity contribution in [2.75, 3.05) is 7.11 Å². The fraction of sp³-hybridized carbons (Fsp3) is 0.375. The third kappa shape index (κ3) is 3.78. The van der Waals surface area contributed by atoms with Gasteiger partial charge in [0.1, 0.15) is 5.75 Å². The Bertz CT molecular complexity index is 564. The number of rotatable bonds is 5. The van der Waals surface area contributed by atoms with Crippen LogP contribution in [0.5, 0.6) is 5.75 Å². The number of nitrogens with zero attached hydrogens (tertiary/aromatic N) is 2. The molecule has 0 amide bonds. The Morgan fingerprint density at radius 1 is 1.15 bits per heavy atom. The first-order valence-corrected chi connectivity index (χ1v) is 6.81. The lowest BCUT2D eigenvalue weighted by atomic mass is 10.2. The molecule has 0 aliphatic heterocycles. The Balaban J connectivity index is 2.26. The topological polar surface area (TPSA) is 47.0 Å². The molecule has 1 N–H and O–H groups in total. The van der Waals surface area contributed by atoms with Gasteiger partial charge in [0, 0.05) is 23.8 Å². The predicted molar refractivity (Wildman–Crippen MR) is 80.7 cm³/mol. The number of aromatic nitrogens is 2. The number of aryl methyl sites for hydroxylation is 1. The van der Waals surface area contributed by atoms with Gasteiger partial charge in [0.2, 0.25) is 0 Å². The van der Waals surface area contributed by atoms with E-state index >= 15 is 0 Å². The lowest BCUT2D eigenvalue weighted by molar-refractivity contribution is 0.415. The van der Waals surface area contributed by atoms with Crippen molar-refractivity contribution >= 4 is 0 Å². The maximum Gasteiger partial charge on any atom is 0.159 e. The molecule has 20 heavy (non-hydrogen) atoms. The molecular weight excluding hydrogens is 250 g/mol. The third-order valence-corrected chi connectivity index (χ3v) is 2.95. The van der Waals surface area contributed by atoms with E-state index in [0.717, 1.165) is 35.1 Å². The van der Waals surface area contributed by atoms with Crippen LogP contribution in [0, 0.1) is 6.92 Å². The zero-order valence-electron chi connectivity index (χ0n) is 12.5. The highest BCUT2D eigenvalue weighted by Gasteiger charge is 2.06. The van der Waals surface area contributed by atoms with Crippen molar-refractivity contribution in [2.24, 2.45) is 0 Å². The first-order valence-electron chi connectivity index (χ1n) is 6.81. The second kappa shape index (κ2) is 6.48. The molecule has 1 aromatic carbocycles. The SMILES string of the molecule is COc1ccc(-c2nc(C)cc(CNC(C)C)n2)cc1. The van der Waals surface area contributed by atoms with Crippen molar-refractivity contribution in [2.45, 2.75) is 33.4 Å². The average Bonchev–Trinajstić information content (AvgIpc) is 2.44. The first kappa shape index (κ1) is 14.5. The molecule has 0 aliphatic carbocycles. The van der Waals surface area contributed by atoms with Crippen LogP contribution in [-0.4, -0.2) is 23.1 Å². The van der Waals surface area contributed by atoms with Crippen molar-refractivity contribution in [3.63, 3.8) is 0 Å². The molecule has 1 aromatic heterocycles. The summed E-state index contributed by atoms with van der Waals surface area (Å²) in [4.78, 5) is 9.12. The molecular formula is C16H21N3O. The summed E-state index contributed by atoms with van der Waals surface area (Å²) >= 11 is 0. The van der Waals surface area contributed by atoms with E-state index in [-0.39, 0.29) is 0 Å². The summed E-state index contributed by atoms with van der Waals surface area (Å²) in [5.74, 6) is 1.59. The average molecular weight is 271 g/mol. The molecule has 0 aliphatic rings. The molecule has 0 unspecified atom stereocenters. The van der Waals surface area contributed by atoms with E-state index in [9.17, 15) is 0 Å². The fourth-order valence-corrected chi connectivity index (χ4v) is 1.90.